The molecular formula is C15H17Cl3N2O2. The Hall–Kier alpha value is -0.970. The molecule has 1 amide bonds. The lowest BCUT2D eigenvalue weighted by Crippen LogP contribution is -2.28. The van der Waals surface area contributed by atoms with Crippen LogP contribution in [0.5, 0.6) is 5.75 Å². The number of carbonyl (C=O) groups excluding carboxylic acids is 1. The first-order valence-corrected chi connectivity index (χ1v) is 8.23. The summed E-state index contributed by atoms with van der Waals surface area (Å²) in [6.45, 7) is 1.93. The average molecular weight is 364 g/mol. The summed E-state index contributed by atoms with van der Waals surface area (Å²) in [6.07, 6.45) is 4.38. The van der Waals surface area contributed by atoms with E-state index in [9.17, 15) is 4.79 Å². The highest BCUT2D eigenvalue weighted by Gasteiger charge is 2.16. The number of carbonyl (C=O) groups is 1. The molecule has 1 aromatic carbocycles. The summed E-state index contributed by atoms with van der Waals surface area (Å²) in [5.74, 6) is 0.386. The van der Waals surface area contributed by atoms with E-state index in [0.29, 0.717) is 26.7 Å². The lowest BCUT2D eigenvalue weighted by molar-refractivity contribution is -0.123. The molecule has 1 aliphatic carbocycles. The molecule has 0 spiro atoms. The summed E-state index contributed by atoms with van der Waals surface area (Å²) in [5, 5.41) is 5.14. The Kier molecular flexibility index (Phi) is 6.36. The van der Waals surface area contributed by atoms with Gasteiger partial charge in [-0.2, -0.15) is 5.10 Å². The van der Waals surface area contributed by atoms with Gasteiger partial charge in [0, 0.05) is 11.8 Å². The Balaban J connectivity index is 1.88. The third kappa shape index (κ3) is 4.77. The van der Waals surface area contributed by atoms with Crippen molar-refractivity contribution >= 4 is 46.4 Å². The van der Waals surface area contributed by atoms with E-state index in [1.165, 1.54) is 18.6 Å². The Morgan fingerprint density at radius 2 is 2.00 bits per heavy atom. The number of benzene rings is 1. The van der Waals surface area contributed by atoms with Gasteiger partial charge in [0.2, 0.25) is 0 Å². The van der Waals surface area contributed by atoms with Crippen molar-refractivity contribution in [2.45, 2.75) is 32.6 Å². The molecular weight excluding hydrogens is 347 g/mol. The molecule has 1 atom stereocenters. The van der Waals surface area contributed by atoms with Crippen LogP contribution in [-0.4, -0.2) is 18.2 Å². The largest absolute Gasteiger partial charge is 0.482 e. The number of hydrogen-bond donors (Lipinski definition) is 1. The van der Waals surface area contributed by atoms with E-state index < -0.39 is 0 Å². The van der Waals surface area contributed by atoms with E-state index in [1.54, 1.807) is 0 Å². The van der Waals surface area contributed by atoms with Crippen molar-refractivity contribution in [1.29, 1.82) is 0 Å². The van der Waals surface area contributed by atoms with Gasteiger partial charge in [0.15, 0.2) is 6.61 Å². The fourth-order valence-electron chi connectivity index (χ4n) is 2.26. The molecule has 2 rings (SSSR count). The Morgan fingerprint density at radius 3 is 2.73 bits per heavy atom. The first-order valence-electron chi connectivity index (χ1n) is 7.10. The normalized spacial score (nSPS) is 20.0. The molecule has 0 radical (unpaired) electrons. The van der Waals surface area contributed by atoms with E-state index in [4.69, 9.17) is 39.5 Å². The standard InChI is InChI=1S/C15H17Cl3N2O2/c1-9-4-2-3-5-13(9)19-20-15(21)8-22-14-7-11(17)10(16)6-12(14)18/h6-7,9H,2-5,8H2,1H3,(H,20,21). The minimum Gasteiger partial charge on any atom is -0.482 e. The summed E-state index contributed by atoms with van der Waals surface area (Å²) in [7, 11) is 0. The monoisotopic (exact) mass is 362 g/mol. The SMILES string of the molecule is CC1CCCCC1=NNC(=O)COc1cc(Cl)c(Cl)cc1Cl. The zero-order valence-electron chi connectivity index (χ0n) is 12.2. The van der Waals surface area contributed by atoms with Crippen molar-refractivity contribution in [2.24, 2.45) is 11.0 Å². The number of rotatable bonds is 4. The van der Waals surface area contributed by atoms with E-state index in [1.807, 2.05) is 0 Å². The summed E-state index contributed by atoms with van der Waals surface area (Å²) in [6, 6.07) is 2.96. The summed E-state index contributed by atoms with van der Waals surface area (Å²) < 4.78 is 5.34. The van der Waals surface area contributed by atoms with Crippen LogP contribution in [0, 0.1) is 5.92 Å². The zero-order chi connectivity index (χ0) is 16.1. The number of nitrogens with one attached hydrogen (secondary N) is 1. The number of halogens is 3. The third-order valence-electron chi connectivity index (χ3n) is 3.55. The van der Waals surface area contributed by atoms with Crippen molar-refractivity contribution in [3.05, 3.63) is 27.2 Å². The molecule has 1 unspecified atom stereocenters. The molecule has 1 fully saturated rings. The van der Waals surface area contributed by atoms with Crippen LogP contribution < -0.4 is 10.2 Å². The predicted octanol–water partition coefficient (Wildman–Crippen LogP) is 4.71. The van der Waals surface area contributed by atoms with Gasteiger partial charge in [0.05, 0.1) is 15.1 Å². The van der Waals surface area contributed by atoms with Gasteiger partial charge in [-0.1, -0.05) is 48.1 Å². The lowest BCUT2D eigenvalue weighted by Gasteiger charge is -2.19. The molecule has 1 aromatic rings. The highest BCUT2D eigenvalue weighted by molar-refractivity contribution is 6.43. The molecule has 22 heavy (non-hydrogen) atoms. The maximum absolute atomic E-state index is 11.8. The van der Waals surface area contributed by atoms with Crippen LogP contribution in [-0.2, 0) is 4.79 Å². The topological polar surface area (TPSA) is 50.7 Å². The minimum atomic E-state index is -0.340. The molecule has 120 valence electrons. The molecule has 7 heteroatoms. The van der Waals surface area contributed by atoms with Crippen LogP contribution in [0.25, 0.3) is 0 Å². The summed E-state index contributed by atoms with van der Waals surface area (Å²) >= 11 is 17.7. The molecule has 0 bridgehead atoms. The summed E-state index contributed by atoms with van der Waals surface area (Å²) in [4.78, 5) is 11.8. The molecule has 4 nitrogen and oxygen atoms in total. The number of nitrogens with zero attached hydrogens (tertiary/aromatic N) is 1. The molecule has 0 saturated heterocycles. The van der Waals surface area contributed by atoms with Gasteiger partial charge in [0.25, 0.3) is 5.91 Å². The molecule has 1 N–H and O–H groups in total. The van der Waals surface area contributed by atoms with Gasteiger partial charge in [-0.3, -0.25) is 4.79 Å². The van der Waals surface area contributed by atoms with Crippen LogP contribution in [0.3, 0.4) is 0 Å². The van der Waals surface area contributed by atoms with E-state index in [2.05, 4.69) is 17.5 Å². The van der Waals surface area contributed by atoms with E-state index >= 15 is 0 Å². The minimum absolute atomic E-state index is 0.192. The fourth-order valence-corrected chi connectivity index (χ4v) is 2.85. The smallest absolute Gasteiger partial charge is 0.277 e. The van der Waals surface area contributed by atoms with Crippen LogP contribution in [0.4, 0.5) is 0 Å². The van der Waals surface area contributed by atoms with Crippen molar-refractivity contribution in [3.63, 3.8) is 0 Å². The van der Waals surface area contributed by atoms with Crippen molar-refractivity contribution in [3.8, 4) is 5.75 Å². The van der Waals surface area contributed by atoms with E-state index in [0.717, 1.165) is 25.0 Å². The number of ether oxygens (including phenoxy) is 1. The van der Waals surface area contributed by atoms with Gasteiger partial charge in [-0.05, 0) is 31.2 Å². The third-order valence-corrected chi connectivity index (χ3v) is 4.56. The second-order valence-electron chi connectivity index (χ2n) is 5.27. The highest BCUT2D eigenvalue weighted by atomic mass is 35.5. The van der Waals surface area contributed by atoms with Gasteiger partial charge < -0.3 is 4.74 Å². The van der Waals surface area contributed by atoms with Gasteiger partial charge in [-0.15, -0.1) is 0 Å². The van der Waals surface area contributed by atoms with Crippen LogP contribution >= 0.6 is 34.8 Å². The van der Waals surface area contributed by atoms with Crippen molar-refractivity contribution in [2.75, 3.05) is 6.61 Å². The molecule has 0 aliphatic heterocycles. The van der Waals surface area contributed by atoms with Crippen molar-refractivity contribution in [1.82, 2.24) is 5.43 Å². The first kappa shape index (κ1) is 17.4. The van der Waals surface area contributed by atoms with Crippen LogP contribution in [0.15, 0.2) is 17.2 Å². The average Bonchev–Trinajstić information content (AvgIpc) is 2.49. The van der Waals surface area contributed by atoms with Crippen LogP contribution in [0.2, 0.25) is 15.1 Å². The maximum atomic E-state index is 11.8. The quantitative estimate of drug-likeness (QED) is 0.622. The van der Waals surface area contributed by atoms with Crippen LogP contribution in [0.1, 0.15) is 32.6 Å². The number of amides is 1. The fraction of sp³-hybridized carbons (Fsp3) is 0.467. The first-order chi connectivity index (χ1) is 10.5. The van der Waals surface area contributed by atoms with E-state index in [-0.39, 0.29) is 12.5 Å². The second-order valence-corrected chi connectivity index (χ2v) is 6.49. The molecule has 0 aromatic heterocycles. The highest BCUT2D eigenvalue weighted by Crippen LogP contribution is 2.33. The Labute approximate surface area is 144 Å². The van der Waals surface area contributed by atoms with Crippen molar-refractivity contribution < 1.29 is 9.53 Å². The zero-order valence-corrected chi connectivity index (χ0v) is 14.4. The lowest BCUT2D eigenvalue weighted by atomic mass is 9.89. The molecule has 0 heterocycles. The summed E-state index contributed by atoms with van der Waals surface area (Å²) in [5.41, 5.74) is 3.55. The van der Waals surface area contributed by atoms with Gasteiger partial charge in [-0.25, -0.2) is 5.43 Å². The molecule has 1 saturated carbocycles. The van der Waals surface area contributed by atoms with Gasteiger partial charge in [0.1, 0.15) is 5.75 Å². The Bertz CT molecular complexity index is 590. The second kappa shape index (κ2) is 8.04. The van der Waals surface area contributed by atoms with Gasteiger partial charge >= 0.3 is 0 Å². The molecule has 1 aliphatic rings. The number of hydrogen-bond acceptors (Lipinski definition) is 3. The number of hydrazone groups is 1. The Morgan fingerprint density at radius 1 is 1.27 bits per heavy atom. The maximum Gasteiger partial charge on any atom is 0.277 e. The predicted molar refractivity (Wildman–Crippen MR) is 90.2 cm³/mol.